The van der Waals surface area contributed by atoms with Crippen LogP contribution in [0.15, 0.2) is 64.9 Å². The molecule has 0 fully saturated rings. The van der Waals surface area contributed by atoms with Gasteiger partial charge in [-0.15, -0.1) is 0 Å². The molecular weight excluding hydrogens is 345 g/mol. The molecule has 0 aromatic heterocycles. The number of hydrogen-bond donors (Lipinski definition) is 1. The number of benzene rings is 2. The predicted molar refractivity (Wildman–Crippen MR) is 97.7 cm³/mol. The van der Waals surface area contributed by atoms with Gasteiger partial charge in [0, 0.05) is 24.1 Å². The zero-order chi connectivity index (χ0) is 17.1. The van der Waals surface area contributed by atoms with Crippen LogP contribution in [0.5, 0.6) is 0 Å². The van der Waals surface area contributed by atoms with Crippen LogP contribution in [0.4, 0.5) is 5.69 Å². The van der Waals surface area contributed by atoms with Crippen LogP contribution < -0.4 is 0 Å². The van der Waals surface area contributed by atoms with Gasteiger partial charge in [-0.2, -0.15) is 0 Å². The average molecular weight is 360 g/mol. The second-order valence-corrected chi connectivity index (χ2v) is 6.50. The number of carbonyl (C=O) groups excluding carboxylic acids is 1. The minimum absolute atomic E-state index is 0.00466. The molecule has 2 aromatic rings. The molecule has 0 saturated heterocycles. The van der Waals surface area contributed by atoms with Gasteiger partial charge in [0.2, 0.25) is 0 Å². The Morgan fingerprint density at radius 3 is 2.50 bits per heavy atom. The Hall–Kier alpha value is -2.10. The molecule has 24 heavy (non-hydrogen) atoms. The lowest BCUT2D eigenvalue weighted by atomic mass is 9.83. The summed E-state index contributed by atoms with van der Waals surface area (Å²) in [5.41, 5.74) is 1.79. The summed E-state index contributed by atoms with van der Waals surface area (Å²) in [7, 11) is 0. The van der Waals surface area contributed by atoms with Crippen molar-refractivity contribution < 1.29 is 9.90 Å². The number of rotatable bonds is 3. The molecule has 3 rings (SSSR count). The van der Waals surface area contributed by atoms with E-state index in [4.69, 9.17) is 23.2 Å². The monoisotopic (exact) mass is 359 g/mol. The van der Waals surface area contributed by atoms with Crippen LogP contribution in [0.1, 0.15) is 24.3 Å². The fraction of sp³-hybridized carbons (Fsp3) is 0.158. The number of nitrogens with zero attached hydrogens (tertiary/aromatic N) is 1. The molecule has 0 amide bonds. The lowest BCUT2D eigenvalue weighted by Crippen LogP contribution is -2.19. The number of aliphatic hydroxyl groups is 1. The van der Waals surface area contributed by atoms with E-state index >= 15 is 0 Å². The van der Waals surface area contributed by atoms with Crippen molar-refractivity contribution in [3.8, 4) is 0 Å². The number of carbonyl (C=O) groups is 1. The standard InChI is InChI=1S/C19H15Cl2NO2/c20-14-6-7-17(16(21)10-14)22-11-15-18(23)8-13(9-19(15)24)12-4-2-1-3-5-12/h1-7,10-11,13,23H,8-9H2. The molecular formula is C19H15Cl2NO2. The highest BCUT2D eigenvalue weighted by Crippen LogP contribution is 2.33. The first-order valence-corrected chi connectivity index (χ1v) is 8.29. The SMILES string of the molecule is O=C1CC(c2ccccc2)CC(O)=C1C=Nc1ccc(Cl)cc1Cl. The van der Waals surface area contributed by atoms with Crippen LogP contribution in [0.2, 0.25) is 10.0 Å². The van der Waals surface area contributed by atoms with E-state index in [9.17, 15) is 9.90 Å². The molecule has 0 aliphatic heterocycles. The van der Waals surface area contributed by atoms with E-state index in [2.05, 4.69) is 4.99 Å². The van der Waals surface area contributed by atoms with Crippen LogP contribution >= 0.6 is 23.2 Å². The average Bonchev–Trinajstić information content (AvgIpc) is 2.56. The molecule has 1 N–H and O–H groups in total. The lowest BCUT2D eigenvalue weighted by Gasteiger charge is -2.22. The second kappa shape index (κ2) is 7.20. The van der Waals surface area contributed by atoms with Crippen molar-refractivity contribution >= 4 is 40.9 Å². The fourth-order valence-electron chi connectivity index (χ4n) is 2.74. The number of aliphatic hydroxyl groups excluding tert-OH is 1. The predicted octanol–water partition coefficient (Wildman–Crippen LogP) is 5.65. The van der Waals surface area contributed by atoms with Gasteiger partial charge in [0.15, 0.2) is 5.78 Å². The third kappa shape index (κ3) is 3.69. The maximum atomic E-state index is 12.4. The summed E-state index contributed by atoms with van der Waals surface area (Å²) in [6.07, 6.45) is 2.16. The summed E-state index contributed by atoms with van der Waals surface area (Å²) in [5, 5.41) is 11.2. The second-order valence-electron chi connectivity index (χ2n) is 5.65. The van der Waals surface area contributed by atoms with Crippen molar-refractivity contribution in [2.75, 3.05) is 0 Å². The Morgan fingerprint density at radius 2 is 1.83 bits per heavy atom. The number of halogens is 2. The van der Waals surface area contributed by atoms with Crippen LogP contribution in [0.25, 0.3) is 0 Å². The van der Waals surface area contributed by atoms with E-state index < -0.39 is 0 Å². The summed E-state index contributed by atoms with van der Waals surface area (Å²) in [4.78, 5) is 16.6. The van der Waals surface area contributed by atoms with E-state index in [1.807, 2.05) is 30.3 Å². The van der Waals surface area contributed by atoms with Gasteiger partial charge in [-0.25, -0.2) is 0 Å². The van der Waals surface area contributed by atoms with E-state index in [0.717, 1.165) is 5.56 Å². The molecule has 3 nitrogen and oxygen atoms in total. The summed E-state index contributed by atoms with van der Waals surface area (Å²) >= 11 is 11.9. The molecule has 5 heteroatoms. The maximum absolute atomic E-state index is 12.4. The normalized spacial score (nSPS) is 18.4. The van der Waals surface area contributed by atoms with Crippen molar-refractivity contribution in [3.63, 3.8) is 0 Å². The number of allylic oxidation sites excluding steroid dienone is 2. The molecule has 0 bridgehead atoms. The molecule has 2 aromatic carbocycles. The molecule has 1 unspecified atom stereocenters. The quantitative estimate of drug-likeness (QED) is 0.719. The molecule has 0 spiro atoms. The summed E-state index contributed by atoms with van der Waals surface area (Å²) in [6, 6.07) is 14.6. The fourth-order valence-corrected chi connectivity index (χ4v) is 3.19. The largest absolute Gasteiger partial charge is 0.511 e. The van der Waals surface area contributed by atoms with Gasteiger partial charge in [0.05, 0.1) is 16.3 Å². The van der Waals surface area contributed by atoms with Gasteiger partial charge in [-0.1, -0.05) is 53.5 Å². The van der Waals surface area contributed by atoms with E-state index in [-0.39, 0.29) is 23.0 Å². The topological polar surface area (TPSA) is 49.7 Å². The number of hydrogen-bond acceptors (Lipinski definition) is 3. The minimum Gasteiger partial charge on any atom is -0.511 e. The Morgan fingerprint density at radius 1 is 1.08 bits per heavy atom. The van der Waals surface area contributed by atoms with Crippen molar-refractivity contribution in [2.24, 2.45) is 4.99 Å². The van der Waals surface area contributed by atoms with Crippen LogP contribution in [0.3, 0.4) is 0 Å². The summed E-state index contributed by atoms with van der Waals surface area (Å²) in [6.45, 7) is 0. The summed E-state index contributed by atoms with van der Waals surface area (Å²) < 4.78 is 0. The molecule has 1 aliphatic rings. The third-order valence-electron chi connectivity index (χ3n) is 4.00. The van der Waals surface area contributed by atoms with Crippen LogP contribution in [0, 0.1) is 0 Å². The Balaban J connectivity index is 1.83. The number of aliphatic imine (C=N–C) groups is 1. The Kier molecular flexibility index (Phi) is 5.03. The van der Waals surface area contributed by atoms with Crippen LogP contribution in [-0.2, 0) is 4.79 Å². The van der Waals surface area contributed by atoms with E-state index in [0.29, 0.717) is 28.6 Å². The Labute approximate surface area is 150 Å². The van der Waals surface area contributed by atoms with Crippen molar-refractivity contribution in [1.82, 2.24) is 0 Å². The highest BCUT2D eigenvalue weighted by molar-refractivity contribution is 6.36. The summed E-state index contributed by atoms with van der Waals surface area (Å²) in [5.74, 6) is -0.0645. The first-order valence-electron chi connectivity index (χ1n) is 7.54. The van der Waals surface area contributed by atoms with E-state index in [1.165, 1.54) is 6.21 Å². The lowest BCUT2D eigenvalue weighted by molar-refractivity contribution is -0.116. The number of Topliss-reactive ketones (excluding diaryl/α,β-unsaturated/α-hetero) is 1. The maximum Gasteiger partial charge on any atom is 0.168 e. The van der Waals surface area contributed by atoms with Crippen molar-refractivity contribution in [3.05, 3.63) is 75.5 Å². The van der Waals surface area contributed by atoms with Gasteiger partial charge >= 0.3 is 0 Å². The Bertz CT molecular complexity index is 829. The van der Waals surface area contributed by atoms with Gasteiger partial charge in [-0.3, -0.25) is 9.79 Å². The van der Waals surface area contributed by atoms with Gasteiger partial charge < -0.3 is 5.11 Å². The number of ketones is 1. The van der Waals surface area contributed by atoms with Gasteiger partial charge in [0.25, 0.3) is 0 Å². The first-order chi connectivity index (χ1) is 11.5. The smallest absolute Gasteiger partial charge is 0.168 e. The van der Waals surface area contributed by atoms with Crippen molar-refractivity contribution in [1.29, 1.82) is 0 Å². The van der Waals surface area contributed by atoms with Gasteiger partial charge in [-0.05, 0) is 29.7 Å². The van der Waals surface area contributed by atoms with Crippen molar-refractivity contribution in [2.45, 2.75) is 18.8 Å². The molecule has 1 atom stereocenters. The third-order valence-corrected chi connectivity index (χ3v) is 4.53. The highest BCUT2D eigenvalue weighted by Gasteiger charge is 2.27. The van der Waals surface area contributed by atoms with Gasteiger partial charge in [0.1, 0.15) is 5.76 Å². The molecule has 1 aliphatic carbocycles. The zero-order valence-electron chi connectivity index (χ0n) is 12.7. The molecule has 0 heterocycles. The van der Waals surface area contributed by atoms with Crippen LogP contribution in [-0.4, -0.2) is 17.1 Å². The molecule has 122 valence electrons. The molecule has 0 saturated carbocycles. The minimum atomic E-state index is -0.124. The zero-order valence-corrected chi connectivity index (χ0v) is 14.3. The van der Waals surface area contributed by atoms with E-state index in [1.54, 1.807) is 18.2 Å². The first kappa shape index (κ1) is 16.7. The highest BCUT2D eigenvalue weighted by atomic mass is 35.5. The molecule has 0 radical (unpaired) electrons.